The van der Waals surface area contributed by atoms with E-state index in [2.05, 4.69) is 5.32 Å². The number of amides is 1. The molecule has 96 valence electrons. The number of carbonyl (C=O) groups excluding carboxylic acids is 2. The number of ether oxygens (including phenoxy) is 2. The Kier molecular flexibility index (Phi) is 6.03. The summed E-state index contributed by atoms with van der Waals surface area (Å²) in [6.07, 6.45) is -0.549. The van der Waals surface area contributed by atoms with Gasteiger partial charge in [0.05, 0.1) is 12.5 Å². The van der Waals surface area contributed by atoms with Gasteiger partial charge in [0.25, 0.3) is 0 Å². The second-order valence-electron chi connectivity index (χ2n) is 4.44. The van der Waals surface area contributed by atoms with Crippen LogP contribution in [-0.4, -0.2) is 30.3 Å². The zero-order valence-corrected chi connectivity index (χ0v) is 10.6. The summed E-state index contributed by atoms with van der Waals surface area (Å²) >= 11 is 0. The van der Waals surface area contributed by atoms with Gasteiger partial charge in [-0.1, -0.05) is 0 Å². The molecule has 0 saturated heterocycles. The van der Waals surface area contributed by atoms with Crippen LogP contribution in [0.5, 0.6) is 0 Å². The van der Waals surface area contributed by atoms with Crippen molar-refractivity contribution in [1.82, 2.24) is 5.32 Å². The van der Waals surface area contributed by atoms with Crippen LogP contribution in [0.3, 0.4) is 0 Å². The minimum atomic E-state index is -0.802. The molecule has 6 heteroatoms. The number of nitrogens with one attached hydrogen (secondary N) is 1. The van der Waals surface area contributed by atoms with E-state index in [0.29, 0.717) is 0 Å². The average molecular weight is 242 g/mol. The molecule has 1 unspecified atom stereocenters. The van der Waals surface area contributed by atoms with Crippen molar-refractivity contribution in [1.29, 1.82) is 5.26 Å². The highest BCUT2D eigenvalue weighted by Gasteiger charge is 2.21. The standard InChI is InChI=1S/C11H18N2O4/c1-8(9(14)16-7-5-6-12)13-10(15)17-11(2,3)4/h8H,5,7H2,1-4H3,(H,13,15). The van der Waals surface area contributed by atoms with Crippen LogP contribution in [0.1, 0.15) is 34.1 Å². The molecule has 1 atom stereocenters. The third-order valence-electron chi connectivity index (χ3n) is 1.54. The topological polar surface area (TPSA) is 88.4 Å². The Morgan fingerprint density at radius 2 is 2.00 bits per heavy atom. The lowest BCUT2D eigenvalue weighted by Gasteiger charge is -2.21. The lowest BCUT2D eigenvalue weighted by atomic mass is 10.2. The van der Waals surface area contributed by atoms with E-state index in [1.807, 2.05) is 6.07 Å². The fraction of sp³-hybridized carbons (Fsp3) is 0.727. The van der Waals surface area contributed by atoms with Crippen LogP contribution in [0, 0.1) is 11.3 Å². The van der Waals surface area contributed by atoms with Crippen LogP contribution in [0.15, 0.2) is 0 Å². The van der Waals surface area contributed by atoms with E-state index >= 15 is 0 Å². The van der Waals surface area contributed by atoms with Gasteiger partial charge in [0, 0.05) is 0 Å². The largest absolute Gasteiger partial charge is 0.463 e. The van der Waals surface area contributed by atoms with Gasteiger partial charge in [0.1, 0.15) is 18.2 Å². The predicted octanol–water partition coefficient (Wildman–Crippen LogP) is 1.36. The Labute approximate surface area is 101 Å². The molecule has 0 saturated carbocycles. The Morgan fingerprint density at radius 1 is 1.41 bits per heavy atom. The second kappa shape index (κ2) is 6.74. The van der Waals surface area contributed by atoms with Gasteiger partial charge < -0.3 is 14.8 Å². The van der Waals surface area contributed by atoms with Crippen LogP contribution >= 0.6 is 0 Å². The molecule has 6 nitrogen and oxygen atoms in total. The van der Waals surface area contributed by atoms with E-state index in [0.717, 1.165) is 0 Å². The molecule has 0 aliphatic rings. The molecule has 0 bridgehead atoms. The first-order valence-corrected chi connectivity index (χ1v) is 5.29. The molecule has 0 radical (unpaired) electrons. The van der Waals surface area contributed by atoms with E-state index in [1.165, 1.54) is 6.92 Å². The number of rotatable bonds is 4. The van der Waals surface area contributed by atoms with Crippen LogP contribution < -0.4 is 5.32 Å². The number of carbonyl (C=O) groups is 2. The SMILES string of the molecule is CC(NC(=O)OC(C)(C)C)C(=O)OCCC#N. The van der Waals surface area contributed by atoms with Crippen molar-refractivity contribution in [3.8, 4) is 6.07 Å². The van der Waals surface area contributed by atoms with Crippen LogP contribution in [0.25, 0.3) is 0 Å². The van der Waals surface area contributed by atoms with Gasteiger partial charge in [-0.15, -0.1) is 0 Å². The van der Waals surface area contributed by atoms with Crippen LogP contribution in [0.2, 0.25) is 0 Å². The molecule has 0 rings (SSSR count). The summed E-state index contributed by atoms with van der Waals surface area (Å²) in [6, 6.07) is 1.04. The second-order valence-corrected chi connectivity index (χ2v) is 4.44. The average Bonchev–Trinajstić information content (AvgIpc) is 2.14. The molecule has 0 heterocycles. The van der Waals surface area contributed by atoms with Crippen molar-refractivity contribution in [3.63, 3.8) is 0 Å². The van der Waals surface area contributed by atoms with Crippen molar-refractivity contribution in [2.24, 2.45) is 0 Å². The van der Waals surface area contributed by atoms with E-state index in [4.69, 9.17) is 14.7 Å². The van der Waals surface area contributed by atoms with Crippen molar-refractivity contribution in [3.05, 3.63) is 0 Å². The van der Waals surface area contributed by atoms with E-state index in [1.54, 1.807) is 20.8 Å². The first-order valence-electron chi connectivity index (χ1n) is 5.29. The number of alkyl carbamates (subject to hydrolysis) is 1. The van der Waals surface area contributed by atoms with Gasteiger partial charge in [-0.05, 0) is 27.7 Å². The molecular weight excluding hydrogens is 224 g/mol. The summed E-state index contributed by atoms with van der Waals surface area (Å²) in [5.41, 5.74) is -0.617. The van der Waals surface area contributed by atoms with Crippen molar-refractivity contribution in [2.75, 3.05) is 6.61 Å². The molecule has 0 aliphatic heterocycles. The van der Waals surface area contributed by atoms with Crippen LogP contribution in [-0.2, 0) is 14.3 Å². The maximum Gasteiger partial charge on any atom is 0.408 e. The number of esters is 1. The van der Waals surface area contributed by atoms with Gasteiger partial charge >= 0.3 is 12.1 Å². The zero-order valence-electron chi connectivity index (χ0n) is 10.6. The molecule has 0 aromatic rings. The van der Waals surface area contributed by atoms with E-state index in [9.17, 15) is 9.59 Å². The Morgan fingerprint density at radius 3 is 2.47 bits per heavy atom. The molecule has 0 aromatic carbocycles. The summed E-state index contributed by atoms with van der Waals surface area (Å²) in [4.78, 5) is 22.6. The normalized spacial score (nSPS) is 12.2. The molecule has 0 spiro atoms. The maximum absolute atomic E-state index is 11.3. The monoisotopic (exact) mass is 242 g/mol. The van der Waals surface area contributed by atoms with Gasteiger partial charge in [0.15, 0.2) is 0 Å². The van der Waals surface area contributed by atoms with Gasteiger partial charge in [0.2, 0.25) is 0 Å². The quantitative estimate of drug-likeness (QED) is 0.594. The number of nitrogens with zero attached hydrogens (tertiary/aromatic N) is 1. The fourth-order valence-electron chi connectivity index (χ4n) is 0.866. The third-order valence-corrected chi connectivity index (χ3v) is 1.54. The van der Waals surface area contributed by atoms with Crippen molar-refractivity contribution in [2.45, 2.75) is 45.8 Å². The summed E-state index contributed by atoms with van der Waals surface area (Å²) in [5.74, 6) is -0.592. The minimum absolute atomic E-state index is 0.0235. The van der Waals surface area contributed by atoms with Crippen molar-refractivity contribution >= 4 is 12.1 Å². The van der Waals surface area contributed by atoms with Crippen LogP contribution in [0.4, 0.5) is 4.79 Å². The molecule has 0 fully saturated rings. The fourth-order valence-corrected chi connectivity index (χ4v) is 0.866. The highest BCUT2D eigenvalue weighted by Crippen LogP contribution is 2.06. The maximum atomic E-state index is 11.3. The van der Waals surface area contributed by atoms with Gasteiger partial charge in [-0.25, -0.2) is 9.59 Å². The highest BCUT2D eigenvalue weighted by molar-refractivity contribution is 5.80. The Balaban J connectivity index is 4.00. The van der Waals surface area contributed by atoms with E-state index < -0.39 is 23.7 Å². The predicted molar refractivity (Wildman–Crippen MR) is 60.0 cm³/mol. The lowest BCUT2D eigenvalue weighted by molar-refractivity contribution is -0.145. The van der Waals surface area contributed by atoms with E-state index in [-0.39, 0.29) is 13.0 Å². The zero-order chi connectivity index (χ0) is 13.5. The first-order chi connectivity index (χ1) is 7.76. The summed E-state index contributed by atoms with van der Waals surface area (Å²) < 4.78 is 9.72. The first kappa shape index (κ1) is 15.2. The molecule has 17 heavy (non-hydrogen) atoms. The lowest BCUT2D eigenvalue weighted by Crippen LogP contribution is -2.42. The Bertz CT molecular complexity index is 314. The summed E-state index contributed by atoms with van der Waals surface area (Å²) in [6.45, 7) is 6.68. The molecule has 0 aromatic heterocycles. The molecule has 1 amide bonds. The minimum Gasteiger partial charge on any atom is -0.463 e. The smallest absolute Gasteiger partial charge is 0.408 e. The Hall–Kier alpha value is -1.77. The summed E-state index contributed by atoms with van der Waals surface area (Å²) in [5, 5.41) is 10.6. The molecular formula is C11H18N2O4. The molecule has 0 aliphatic carbocycles. The van der Waals surface area contributed by atoms with Gasteiger partial charge in [-0.2, -0.15) is 5.26 Å². The molecule has 1 N–H and O–H groups in total. The van der Waals surface area contributed by atoms with Gasteiger partial charge in [-0.3, -0.25) is 0 Å². The highest BCUT2D eigenvalue weighted by atomic mass is 16.6. The number of hydrogen-bond donors (Lipinski definition) is 1. The third kappa shape index (κ3) is 8.08. The van der Waals surface area contributed by atoms with Crippen molar-refractivity contribution < 1.29 is 19.1 Å². The number of nitriles is 1. The number of hydrogen-bond acceptors (Lipinski definition) is 5. The summed E-state index contributed by atoms with van der Waals surface area (Å²) in [7, 11) is 0.